The number of aryl methyl sites for hydroxylation is 2. The number of carbonyl (C=O) groups is 2. The highest BCUT2D eigenvalue weighted by Gasteiger charge is 2.54. The summed E-state index contributed by atoms with van der Waals surface area (Å²) >= 11 is 1.73. The van der Waals surface area contributed by atoms with Gasteiger partial charge in [0.05, 0.1) is 21.6 Å². The van der Waals surface area contributed by atoms with Gasteiger partial charge in [-0.05, 0) is 44.9 Å². The zero-order valence-electron chi connectivity index (χ0n) is 14.7. The van der Waals surface area contributed by atoms with E-state index in [0.717, 1.165) is 24.3 Å². The predicted molar refractivity (Wildman–Crippen MR) is 91.4 cm³/mol. The Balaban J connectivity index is 1.78. The second-order valence-electron chi connectivity index (χ2n) is 7.67. The van der Waals surface area contributed by atoms with Gasteiger partial charge in [0.15, 0.2) is 0 Å². The second kappa shape index (κ2) is 5.69. The molecule has 2 aliphatic rings. The van der Waals surface area contributed by atoms with E-state index < -0.39 is 0 Å². The molecule has 23 heavy (non-hydrogen) atoms. The summed E-state index contributed by atoms with van der Waals surface area (Å²) < 4.78 is 0. The van der Waals surface area contributed by atoms with E-state index in [9.17, 15) is 9.59 Å². The van der Waals surface area contributed by atoms with Crippen molar-refractivity contribution in [2.24, 2.45) is 17.3 Å². The molecule has 1 fully saturated rings. The molecule has 0 aliphatic heterocycles. The van der Waals surface area contributed by atoms with E-state index >= 15 is 0 Å². The van der Waals surface area contributed by atoms with Crippen LogP contribution in [0.5, 0.6) is 0 Å². The number of Topliss-reactive ketones (excluding diaryl/α,β-unsaturated/α-hetero) is 1. The second-order valence-corrected chi connectivity index (χ2v) is 8.91. The summed E-state index contributed by atoms with van der Waals surface area (Å²) in [5, 5.41) is 1.09. The van der Waals surface area contributed by atoms with E-state index in [2.05, 4.69) is 18.8 Å². The highest BCUT2D eigenvalue weighted by atomic mass is 32.1. The third-order valence-corrected chi connectivity index (χ3v) is 7.01. The van der Waals surface area contributed by atoms with Crippen molar-refractivity contribution in [3.63, 3.8) is 0 Å². The normalized spacial score (nSPS) is 28.7. The minimum Gasteiger partial charge on any atom is -0.338 e. The molecule has 126 valence electrons. The van der Waals surface area contributed by atoms with Gasteiger partial charge in [0.1, 0.15) is 5.78 Å². The SMILES string of the molecule is CC(=O)[C@@H]1C[C@H](C(=O)N(C)[C@@H]2CCCc3nc(C)sc32)C1(C)C. The van der Waals surface area contributed by atoms with Gasteiger partial charge in [0, 0.05) is 18.9 Å². The summed E-state index contributed by atoms with van der Waals surface area (Å²) in [5.74, 6) is 0.384. The maximum Gasteiger partial charge on any atom is 0.226 e. The molecule has 5 heteroatoms. The summed E-state index contributed by atoms with van der Waals surface area (Å²) in [5.41, 5.74) is 0.955. The van der Waals surface area contributed by atoms with Gasteiger partial charge < -0.3 is 4.90 Å². The molecule has 2 aliphatic carbocycles. The lowest BCUT2D eigenvalue weighted by Crippen LogP contribution is -2.55. The lowest BCUT2D eigenvalue weighted by Gasteiger charge is -2.51. The average molecular weight is 334 g/mol. The Morgan fingerprint density at radius 1 is 1.30 bits per heavy atom. The quantitative estimate of drug-likeness (QED) is 0.849. The number of rotatable bonds is 3. The Kier molecular flexibility index (Phi) is 4.11. The lowest BCUT2D eigenvalue weighted by molar-refractivity contribution is -0.157. The Hall–Kier alpha value is -1.23. The highest BCUT2D eigenvalue weighted by Crippen LogP contribution is 2.53. The maximum atomic E-state index is 13.0. The Morgan fingerprint density at radius 3 is 2.61 bits per heavy atom. The third-order valence-electron chi connectivity index (χ3n) is 5.90. The minimum atomic E-state index is -0.224. The van der Waals surface area contributed by atoms with Crippen LogP contribution in [0.15, 0.2) is 0 Å². The molecule has 1 saturated carbocycles. The van der Waals surface area contributed by atoms with Gasteiger partial charge in [-0.25, -0.2) is 4.98 Å². The van der Waals surface area contributed by atoms with E-state index in [0.29, 0.717) is 6.42 Å². The van der Waals surface area contributed by atoms with Crippen LogP contribution in [0.2, 0.25) is 0 Å². The molecule has 0 unspecified atom stereocenters. The monoisotopic (exact) mass is 334 g/mol. The maximum absolute atomic E-state index is 13.0. The topological polar surface area (TPSA) is 50.3 Å². The van der Waals surface area contributed by atoms with Crippen molar-refractivity contribution >= 4 is 23.0 Å². The van der Waals surface area contributed by atoms with Gasteiger partial charge in [-0.3, -0.25) is 9.59 Å². The van der Waals surface area contributed by atoms with Crippen LogP contribution in [0.3, 0.4) is 0 Å². The molecule has 4 nitrogen and oxygen atoms in total. The third kappa shape index (κ3) is 2.63. The number of nitrogens with zero attached hydrogens (tertiary/aromatic N) is 2. The number of carbonyl (C=O) groups excluding carboxylic acids is 2. The highest BCUT2D eigenvalue weighted by molar-refractivity contribution is 7.11. The zero-order chi connectivity index (χ0) is 16.9. The summed E-state index contributed by atoms with van der Waals surface area (Å²) in [6, 6.07) is 0.157. The molecule has 1 heterocycles. The molecule has 0 spiro atoms. The number of ketones is 1. The molecule has 3 rings (SSSR count). The number of hydrogen-bond donors (Lipinski definition) is 0. The first-order valence-electron chi connectivity index (χ1n) is 8.46. The van der Waals surface area contributed by atoms with Crippen molar-refractivity contribution < 1.29 is 9.59 Å². The van der Waals surface area contributed by atoms with Crippen LogP contribution in [-0.2, 0) is 16.0 Å². The Labute approximate surface area is 142 Å². The van der Waals surface area contributed by atoms with Crippen LogP contribution >= 0.6 is 11.3 Å². The first-order chi connectivity index (χ1) is 10.7. The van der Waals surface area contributed by atoms with Crippen LogP contribution in [0, 0.1) is 24.2 Å². The lowest BCUT2D eigenvalue weighted by atomic mass is 9.53. The van der Waals surface area contributed by atoms with Crippen molar-refractivity contribution in [1.82, 2.24) is 9.88 Å². The van der Waals surface area contributed by atoms with Crippen molar-refractivity contribution in [3.05, 3.63) is 15.6 Å². The Bertz CT molecular complexity index is 649. The minimum absolute atomic E-state index is 0.0254. The van der Waals surface area contributed by atoms with Crippen LogP contribution in [0.4, 0.5) is 0 Å². The molecule has 1 amide bonds. The van der Waals surface area contributed by atoms with Crippen LogP contribution in [0.1, 0.15) is 61.7 Å². The summed E-state index contributed by atoms with van der Waals surface area (Å²) in [6.45, 7) is 7.79. The van der Waals surface area contributed by atoms with Crippen molar-refractivity contribution in [2.45, 2.75) is 59.4 Å². The van der Waals surface area contributed by atoms with E-state index in [1.165, 1.54) is 10.6 Å². The van der Waals surface area contributed by atoms with Gasteiger partial charge in [-0.1, -0.05) is 13.8 Å². The van der Waals surface area contributed by atoms with E-state index in [1.807, 2.05) is 18.9 Å². The number of amides is 1. The fourth-order valence-corrected chi connectivity index (χ4v) is 5.47. The van der Waals surface area contributed by atoms with E-state index in [4.69, 9.17) is 0 Å². The van der Waals surface area contributed by atoms with Crippen molar-refractivity contribution in [1.29, 1.82) is 0 Å². The van der Waals surface area contributed by atoms with Crippen LogP contribution in [0.25, 0.3) is 0 Å². The molecule has 0 bridgehead atoms. The molecular formula is C18H26N2O2S. The van der Waals surface area contributed by atoms with E-state index in [1.54, 1.807) is 18.3 Å². The molecule has 3 atom stereocenters. The van der Waals surface area contributed by atoms with Crippen LogP contribution in [-0.4, -0.2) is 28.6 Å². The Morgan fingerprint density at radius 2 is 2.00 bits per heavy atom. The number of hydrogen-bond acceptors (Lipinski definition) is 4. The molecule has 0 saturated heterocycles. The number of thiazole rings is 1. The van der Waals surface area contributed by atoms with Crippen molar-refractivity contribution in [3.8, 4) is 0 Å². The first kappa shape index (κ1) is 16.6. The summed E-state index contributed by atoms with van der Waals surface area (Å²) in [7, 11) is 1.92. The van der Waals surface area contributed by atoms with E-state index in [-0.39, 0.29) is 35.0 Å². The molecule has 0 aromatic carbocycles. The number of fused-ring (bicyclic) bond motifs is 1. The van der Waals surface area contributed by atoms with Gasteiger partial charge in [0.2, 0.25) is 5.91 Å². The van der Waals surface area contributed by atoms with Crippen LogP contribution < -0.4 is 0 Å². The van der Waals surface area contributed by atoms with Gasteiger partial charge >= 0.3 is 0 Å². The smallest absolute Gasteiger partial charge is 0.226 e. The molecule has 0 N–H and O–H groups in total. The summed E-state index contributed by atoms with van der Waals surface area (Å²) in [6.07, 6.45) is 3.83. The standard InChI is InChI=1S/C18H26N2O2S/c1-10(21)12-9-13(18(12,3)4)17(22)20(5)15-8-6-7-14-16(15)23-11(2)19-14/h12-13,15H,6-9H2,1-5H3/t12-,13+,15+/m0/s1. The molecule has 0 radical (unpaired) electrons. The molecule has 1 aromatic heterocycles. The fraction of sp³-hybridized carbons (Fsp3) is 0.722. The average Bonchev–Trinajstić information content (AvgIpc) is 2.84. The summed E-state index contributed by atoms with van der Waals surface area (Å²) in [4.78, 5) is 32.6. The molecular weight excluding hydrogens is 308 g/mol. The predicted octanol–water partition coefficient (Wildman–Crippen LogP) is 3.54. The number of aromatic nitrogens is 1. The van der Waals surface area contributed by atoms with Gasteiger partial charge in [-0.2, -0.15) is 0 Å². The fourth-order valence-electron chi connectivity index (χ4n) is 4.32. The van der Waals surface area contributed by atoms with Gasteiger partial charge in [-0.15, -0.1) is 11.3 Å². The van der Waals surface area contributed by atoms with Crippen molar-refractivity contribution in [2.75, 3.05) is 7.05 Å². The largest absolute Gasteiger partial charge is 0.338 e. The van der Waals surface area contributed by atoms with Gasteiger partial charge in [0.25, 0.3) is 0 Å². The zero-order valence-corrected chi connectivity index (χ0v) is 15.5. The first-order valence-corrected chi connectivity index (χ1v) is 9.28. The molecule has 1 aromatic rings.